The molecule has 0 fully saturated rings. The molecule has 0 saturated carbocycles. The number of pyridine rings is 1. The van der Waals surface area contributed by atoms with Gasteiger partial charge in [-0.15, -0.1) is 0 Å². The van der Waals surface area contributed by atoms with Crippen molar-refractivity contribution in [3.05, 3.63) is 52.7 Å². The van der Waals surface area contributed by atoms with E-state index in [1.165, 1.54) is 0 Å². The molecule has 0 aliphatic rings. The minimum Gasteiger partial charge on any atom is -0.438 e. The molecule has 4 nitrogen and oxygen atoms in total. The van der Waals surface area contributed by atoms with Crippen molar-refractivity contribution in [2.75, 3.05) is 0 Å². The normalized spacial score (nSPS) is 10.1. The van der Waals surface area contributed by atoms with Crippen LogP contribution in [0.1, 0.15) is 11.1 Å². The highest BCUT2D eigenvalue weighted by Crippen LogP contribution is 2.25. The Morgan fingerprint density at radius 1 is 1.28 bits per heavy atom. The maximum Gasteiger partial charge on any atom is 0.230 e. The number of ether oxygens (including phenoxy) is 1. The van der Waals surface area contributed by atoms with Gasteiger partial charge in [0.15, 0.2) is 0 Å². The van der Waals surface area contributed by atoms with Crippen LogP contribution in [0.5, 0.6) is 11.6 Å². The maximum atomic E-state index is 7.55. The summed E-state index contributed by atoms with van der Waals surface area (Å²) >= 11 is 5.80. The molecule has 0 spiro atoms. The van der Waals surface area contributed by atoms with Gasteiger partial charge in [-0.1, -0.05) is 11.6 Å². The van der Waals surface area contributed by atoms with Gasteiger partial charge in [0.25, 0.3) is 0 Å². The first-order valence-electron chi connectivity index (χ1n) is 5.31. The number of hydrogen-bond acceptors (Lipinski definition) is 3. The van der Waals surface area contributed by atoms with E-state index >= 15 is 0 Å². The van der Waals surface area contributed by atoms with Gasteiger partial charge in [0.1, 0.15) is 11.6 Å². The Morgan fingerprint density at radius 2 is 1.94 bits per heavy atom. The standard InChI is InChI=1S/C13H12ClN3O/c1-8-6-7-17-13(11(8)12(15)16)18-10-4-2-9(14)3-5-10/h2-7H,1H3,(H3,15,16). The van der Waals surface area contributed by atoms with Crippen LogP contribution in [-0.4, -0.2) is 10.8 Å². The van der Waals surface area contributed by atoms with Gasteiger partial charge in [0.2, 0.25) is 5.88 Å². The summed E-state index contributed by atoms with van der Waals surface area (Å²) in [7, 11) is 0. The highest BCUT2D eigenvalue weighted by molar-refractivity contribution is 6.30. The van der Waals surface area contributed by atoms with Crippen LogP contribution in [0.25, 0.3) is 0 Å². The van der Waals surface area contributed by atoms with Gasteiger partial charge >= 0.3 is 0 Å². The fourth-order valence-corrected chi connectivity index (χ4v) is 1.68. The first-order valence-corrected chi connectivity index (χ1v) is 5.69. The van der Waals surface area contributed by atoms with E-state index in [2.05, 4.69) is 4.98 Å². The zero-order chi connectivity index (χ0) is 13.1. The van der Waals surface area contributed by atoms with Crippen LogP contribution in [0, 0.1) is 12.3 Å². The molecule has 0 radical (unpaired) electrons. The molecule has 0 aliphatic carbocycles. The van der Waals surface area contributed by atoms with Gasteiger partial charge in [0.05, 0.1) is 5.56 Å². The molecule has 0 saturated heterocycles. The van der Waals surface area contributed by atoms with Crippen molar-refractivity contribution < 1.29 is 4.74 Å². The van der Waals surface area contributed by atoms with Gasteiger partial charge in [0, 0.05) is 11.2 Å². The van der Waals surface area contributed by atoms with Crippen molar-refractivity contribution in [3.63, 3.8) is 0 Å². The molecule has 0 atom stereocenters. The van der Waals surface area contributed by atoms with Crippen LogP contribution in [0.2, 0.25) is 5.02 Å². The number of aromatic nitrogens is 1. The molecule has 92 valence electrons. The number of benzene rings is 1. The summed E-state index contributed by atoms with van der Waals surface area (Å²) in [5.74, 6) is 0.856. The van der Waals surface area contributed by atoms with Crippen molar-refractivity contribution in [2.24, 2.45) is 5.73 Å². The van der Waals surface area contributed by atoms with Crippen LogP contribution in [0.4, 0.5) is 0 Å². The lowest BCUT2D eigenvalue weighted by atomic mass is 10.1. The molecule has 2 aromatic rings. The van der Waals surface area contributed by atoms with Crippen LogP contribution in [0.3, 0.4) is 0 Å². The van der Waals surface area contributed by atoms with E-state index in [4.69, 9.17) is 27.5 Å². The van der Waals surface area contributed by atoms with E-state index in [1.54, 1.807) is 36.5 Å². The second-order valence-corrected chi connectivity index (χ2v) is 4.21. The summed E-state index contributed by atoms with van der Waals surface area (Å²) in [5.41, 5.74) is 6.89. The predicted octanol–water partition coefficient (Wildman–Crippen LogP) is 3.12. The summed E-state index contributed by atoms with van der Waals surface area (Å²) in [6, 6.07) is 8.69. The predicted molar refractivity (Wildman–Crippen MR) is 71.5 cm³/mol. The fraction of sp³-hybridized carbons (Fsp3) is 0.0769. The summed E-state index contributed by atoms with van der Waals surface area (Å²) in [6.45, 7) is 1.85. The lowest BCUT2D eigenvalue weighted by molar-refractivity contribution is 0.461. The van der Waals surface area contributed by atoms with Crippen LogP contribution >= 0.6 is 11.6 Å². The number of halogens is 1. The number of hydrogen-bond donors (Lipinski definition) is 2. The second-order valence-electron chi connectivity index (χ2n) is 3.78. The number of nitrogen functional groups attached to an aromatic ring is 1. The Bertz CT molecular complexity index is 581. The topological polar surface area (TPSA) is 72.0 Å². The number of nitrogens with one attached hydrogen (secondary N) is 1. The van der Waals surface area contributed by atoms with Gasteiger partial charge in [-0.2, -0.15) is 0 Å². The van der Waals surface area contributed by atoms with Crippen LogP contribution < -0.4 is 10.5 Å². The number of amidine groups is 1. The Hall–Kier alpha value is -2.07. The lowest BCUT2D eigenvalue weighted by Crippen LogP contribution is -2.14. The highest BCUT2D eigenvalue weighted by atomic mass is 35.5. The highest BCUT2D eigenvalue weighted by Gasteiger charge is 2.12. The Balaban J connectivity index is 2.37. The van der Waals surface area contributed by atoms with Crippen LogP contribution in [-0.2, 0) is 0 Å². The molecule has 0 amide bonds. The molecule has 0 aliphatic heterocycles. The smallest absolute Gasteiger partial charge is 0.230 e. The zero-order valence-electron chi connectivity index (χ0n) is 9.77. The third kappa shape index (κ3) is 2.60. The first-order chi connectivity index (χ1) is 8.58. The summed E-state index contributed by atoms with van der Waals surface area (Å²) in [5, 5.41) is 8.18. The van der Waals surface area contributed by atoms with Gasteiger partial charge in [-0.05, 0) is 42.8 Å². The number of aryl methyl sites for hydroxylation is 1. The van der Waals surface area contributed by atoms with E-state index in [1.807, 2.05) is 6.92 Å². The number of nitrogens with zero attached hydrogens (tertiary/aromatic N) is 1. The molecule has 1 aromatic heterocycles. The summed E-state index contributed by atoms with van der Waals surface area (Å²) in [4.78, 5) is 4.10. The van der Waals surface area contributed by atoms with Crippen molar-refractivity contribution in [1.29, 1.82) is 5.41 Å². The first kappa shape index (κ1) is 12.4. The fourth-order valence-electron chi connectivity index (χ4n) is 1.55. The third-order valence-electron chi connectivity index (χ3n) is 2.42. The van der Waals surface area contributed by atoms with Gasteiger partial charge in [-0.3, -0.25) is 5.41 Å². The molecule has 0 unspecified atom stereocenters. The average molecular weight is 262 g/mol. The largest absolute Gasteiger partial charge is 0.438 e. The van der Waals surface area contributed by atoms with E-state index in [0.717, 1.165) is 5.56 Å². The Morgan fingerprint density at radius 3 is 2.56 bits per heavy atom. The molecule has 3 N–H and O–H groups in total. The minimum atomic E-state index is -0.0652. The summed E-state index contributed by atoms with van der Waals surface area (Å²) in [6.07, 6.45) is 1.62. The zero-order valence-corrected chi connectivity index (χ0v) is 10.5. The second kappa shape index (κ2) is 5.06. The quantitative estimate of drug-likeness (QED) is 0.659. The molecule has 1 aromatic carbocycles. The number of rotatable bonds is 3. The van der Waals surface area contributed by atoms with Gasteiger partial charge < -0.3 is 10.5 Å². The summed E-state index contributed by atoms with van der Waals surface area (Å²) < 4.78 is 5.62. The van der Waals surface area contributed by atoms with E-state index in [-0.39, 0.29) is 5.84 Å². The monoisotopic (exact) mass is 261 g/mol. The van der Waals surface area contributed by atoms with Crippen LogP contribution in [0.15, 0.2) is 36.5 Å². The third-order valence-corrected chi connectivity index (χ3v) is 2.67. The molecule has 5 heteroatoms. The average Bonchev–Trinajstić information content (AvgIpc) is 2.32. The minimum absolute atomic E-state index is 0.0652. The van der Waals surface area contributed by atoms with Crippen molar-refractivity contribution in [3.8, 4) is 11.6 Å². The molecule has 18 heavy (non-hydrogen) atoms. The van der Waals surface area contributed by atoms with Crippen molar-refractivity contribution >= 4 is 17.4 Å². The lowest BCUT2D eigenvalue weighted by Gasteiger charge is -2.11. The Labute approximate surface area is 110 Å². The van der Waals surface area contributed by atoms with Crippen molar-refractivity contribution in [1.82, 2.24) is 4.98 Å². The van der Waals surface area contributed by atoms with E-state index in [0.29, 0.717) is 22.2 Å². The Kier molecular flexibility index (Phi) is 3.48. The molecular formula is C13H12ClN3O. The molecule has 2 rings (SSSR count). The van der Waals surface area contributed by atoms with E-state index < -0.39 is 0 Å². The SMILES string of the molecule is Cc1ccnc(Oc2ccc(Cl)cc2)c1C(=N)N. The molecular weight excluding hydrogens is 250 g/mol. The van der Waals surface area contributed by atoms with E-state index in [9.17, 15) is 0 Å². The maximum absolute atomic E-state index is 7.55. The molecule has 0 bridgehead atoms. The number of nitrogens with two attached hydrogens (primary N) is 1. The van der Waals surface area contributed by atoms with Crippen molar-refractivity contribution in [2.45, 2.75) is 6.92 Å². The van der Waals surface area contributed by atoms with Gasteiger partial charge in [-0.25, -0.2) is 4.98 Å². The molecule has 1 heterocycles.